The molecule has 70 heavy (non-hydrogen) atoms. The van der Waals surface area contributed by atoms with Crippen molar-refractivity contribution in [3.05, 3.63) is 148 Å². The first-order chi connectivity index (χ1) is 32.7. The molecule has 4 aliphatic rings. The quantitative estimate of drug-likeness (QED) is 0.0995. The van der Waals surface area contributed by atoms with Gasteiger partial charge in [0.2, 0.25) is 0 Å². The standard InChI is InChI=1S/C65H74BIN2O/c1-38(2)41-19-26-52(45(33-41)40-17-20-42(21-18-40)60(4,5)6)69-53-36-48-47(62(10,11)27-28-63(48,12)13)35-51(53)66-57-54(31-39(3)32-55(57)69)68(44-24-22-43(23-25-44)61(7,8)9)58-46-34-50-49(37-56(46)70-59(58)66)64(14,15)29-30-65(50,16)67/h17-26,31-38H,27-30H2,1-16H3. The molecule has 0 saturated carbocycles. The second-order valence-electron chi connectivity index (χ2n) is 26.4. The van der Waals surface area contributed by atoms with E-state index < -0.39 is 0 Å². The molecule has 11 rings (SSSR count). The number of aryl methyl sites for hydroxylation is 1. The maximum Gasteiger partial charge on any atom is 0.297 e. The topological polar surface area (TPSA) is 19.6 Å². The van der Waals surface area contributed by atoms with E-state index in [0.29, 0.717) is 5.92 Å². The van der Waals surface area contributed by atoms with Gasteiger partial charge in [-0.1, -0.05) is 168 Å². The van der Waals surface area contributed by atoms with Crippen LogP contribution in [0.15, 0.2) is 108 Å². The molecule has 3 heterocycles. The Balaban J connectivity index is 1.27. The van der Waals surface area contributed by atoms with Crippen LogP contribution < -0.4 is 26.4 Å². The van der Waals surface area contributed by atoms with Crippen LogP contribution in [0.1, 0.15) is 180 Å². The van der Waals surface area contributed by atoms with Gasteiger partial charge in [0.1, 0.15) is 5.58 Å². The summed E-state index contributed by atoms with van der Waals surface area (Å²) in [6.45, 7) is 37.9. The summed E-state index contributed by atoms with van der Waals surface area (Å²) < 4.78 is 7.69. The van der Waals surface area contributed by atoms with Crippen molar-refractivity contribution < 1.29 is 4.42 Å². The number of anilines is 6. The van der Waals surface area contributed by atoms with Gasteiger partial charge in [-0.2, -0.15) is 0 Å². The maximum absolute atomic E-state index is 7.67. The number of fused-ring (bicyclic) bond motifs is 8. The molecule has 0 bridgehead atoms. The Kier molecular flexibility index (Phi) is 10.6. The molecule has 0 spiro atoms. The van der Waals surface area contributed by atoms with E-state index in [1.54, 1.807) is 0 Å². The molecule has 6 aromatic carbocycles. The summed E-state index contributed by atoms with van der Waals surface area (Å²) in [5, 5.41) is 1.21. The lowest BCUT2D eigenvalue weighted by Gasteiger charge is -2.47. The predicted molar refractivity (Wildman–Crippen MR) is 311 cm³/mol. The van der Waals surface area contributed by atoms with Gasteiger partial charge in [-0.25, -0.2) is 0 Å². The SMILES string of the molecule is Cc1cc2c3c(c1)N(c1ccc(C(C)(C)C)cc1)c1c(oc4cc5c(cc14)C(C)(I)CCC5(C)C)B3c1cc3c(cc1N2c1ccc(C(C)C)cc1-c1ccc(C(C)(C)C)cc1)C(C)(C)CCC3(C)C. The summed E-state index contributed by atoms with van der Waals surface area (Å²) in [5.41, 5.74) is 25.7. The second kappa shape index (κ2) is 15.6. The molecule has 0 amide bonds. The largest absolute Gasteiger partial charge is 0.468 e. The average Bonchev–Trinajstić information content (AvgIpc) is 3.66. The highest BCUT2D eigenvalue weighted by atomic mass is 127. The number of hydrogen-bond acceptors (Lipinski definition) is 3. The molecule has 360 valence electrons. The zero-order chi connectivity index (χ0) is 50.0. The number of rotatable bonds is 4. The monoisotopic (exact) mass is 1040 g/mol. The molecule has 1 unspecified atom stereocenters. The number of benzene rings is 6. The van der Waals surface area contributed by atoms with Gasteiger partial charge >= 0.3 is 0 Å². The van der Waals surface area contributed by atoms with Gasteiger partial charge in [0.25, 0.3) is 6.71 Å². The highest BCUT2D eigenvalue weighted by Crippen LogP contribution is 2.55. The minimum Gasteiger partial charge on any atom is -0.468 e. The Morgan fingerprint density at radius 3 is 1.70 bits per heavy atom. The van der Waals surface area contributed by atoms with Crippen molar-refractivity contribution in [2.75, 3.05) is 9.80 Å². The van der Waals surface area contributed by atoms with E-state index >= 15 is 0 Å². The normalized spacial score (nSPS) is 19.7. The Labute approximate surface area is 434 Å². The van der Waals surface area contributed by atoms with E-state index in [-0.39, 0.29) is 37.2 Å². The average molecular weight is 1040 g/mol. The van der Waals surface area contributed by atoms with Crippen LogP contribution >= 0.6 is 22.6 Å². The summed E-state index contributed by atoms with van der Waals surface area (Å²) in [6, 6.07) is 41.4. The first-order valence-corrected chi connectivity index (χ1v) is 27.3. The zero-order valence-corrected chi connectivity index (χ0v) is 47.1. The third-order valence-electron chi connectivity index (χ3n) is 17.4. The molecule has 1 aromatic heterocycles. The van der Waals surface area contributed by atoms with E-state index in [4.69, 9.17) is 4.42 Å². The fourth-order valence-electron chi connectivity index (χ4n) is 12.7. The van der Waals surface area contributed by atoms with E-state index in [0.717, 1.165) is 42.6 Å². The van der Waals surface area contributed by atoms with Crippen molar-refractivity contribution >= 4 is 91.0 Å². The van der Waals surface area contributed by atoms with E-state index in [1.165, 1.54) is 100 Å². The van der Waals surface area contributed by atoms with Gasteiger partial charge in [0, 0.05) is 37.1 Å². The van der Waals surface area contributed by atoms with Crippen LogP contribution in [-0.4, -0.2) is 6.71 Å². The second-order valence-corrected chi connectivity index (χ2v) is 28.8. The van der Waals surface area contributed by atoms with E-state index in [9.17, 15) is 0 Å². The molecule has 5 heteroatoms. The minimum atomic E-state index is -0.129. The van der Waals surface area contributed by atoms with E-state index in [1.807, 2.05) is 0 Å². The van der Waals surface area contributed by atoms with Gasteiger partial charge in [-0.05, 0) is 188 Å². The molecule has 0 saturated heterocycles. The smallest absolute Gasteiger partial charge is 0.297 e. The number of furan rings is 1. The summed E-state index contributed by atoms with van der Waals surface area (Å²) in [5.74, 6) is 0.382. The summed E-state index contributed by atoms with van der Waals surface area (Å²) in [4.78, 5) is 5.26. The number of hydrogen-bond donors (Lipinski definition) is 0. The molecule has 3 nitrogen and oxygen atoms in total. The molecule has 2 aliphatic heterocycles. The number of halogens is 1. The van der Waals surface area contributed by atoms with Crippen molar-refractivity contribution in [2.45, 2.75) is 173 Å². The summed E-state index contributed by atoms with van der Waals surface area (Å²) >= 11 is 2.74. The van der Waals surface area contributed by atoms with Crippen LogP contribution in [0.25, 0.3) is 22.1 Å². The third-order valence-corrected chi connectivity index (χ3v) is 18.5. The van der Waals surface area contributed by atoms with Crippen molar-refractivity contribution in [3.63, 3.8) is 0 Å². The first-order valence-electron chi connectivity index (χ1n) is 26.3. The molecule has 0 radical (unpaired) electrons. The minimum absolute atomic E-state index is 0.0154. The molecule has 7 aromatic rings. The highest BCUT2D eigenvalue weighted by molar-refractivity contribution is 14.1. The van der Waals surface area contributed by atoms with E-state index in [2.05, 4.69) is 246 Å². The van der Waals surface area contributed by atoms with Crippen molar-refractivity contribution in [1.82, 2.24) is 0 Å². The Bertz CT molecular complexity index is 3280. The van der Waals surface area contributed by atoms with Gasteiger partial charge < -0.3 is 14.2 Å². The summed E-state index contributed by atoms with van der Waals surface area (Å²) in [6.07, 6.45) is 4.59. The zero-order valence-electron chi connectivity index (χ0n) is 45.0. The molecule has 1 atom stereocenters. The lowest BCUT2D eigenvalue weighted by molar-refractivity contribution is 0.332. The molecule has 0 N–H and O–H groups in total. The lowest BCUT2D eigenvalue weighted by Crippen LogP contribution is -2.61. The van der Waals surface area contributed by atoms with Crippen LogP contribution in [-0.2, 0) is 30.5 Å². The van der Waals surface area contributed by atoms with Crippen molar-refractivity contribution in [3.8, 4) is 11.1 Å². The Morgan fingerprint density at radius 2 is 1.11 bits per heavy atom. The molecular weight excluding hydrogens is 962 g/mol. The Hall–Kier alpha value is -4.75. The highest BCUT2D eigenvalue weighted by Gasteiger charge is 2.50. The van der Waals surface area contributed by atoms with Gasteiger partial charge in [-0.3, -0.25) is 0 Å². The number of alkyl halides is 1. The van der Waals surface area contributed by atoms with Gasteiger partial charge in [0.15, 0.2) is 0 Å². The van der Waals surface area contributed by atoms with Crippen LogP contribution in [0.5, 0.6) is 0 Å². The molecule has 0 fully saturated rings. The number of nitrogens with zero attached hydrogens (tertiary/aromatic N) is 2. The van der Waals surface area contributed by atoms with Crippen molar-refractivity contribution in [2.24, 2.45) is 0 Å². The van der Waals surface area contributed by atoms with Crippen LogP contribution in [0.4, 0.5) is 34.1 Å². The van der Waals surface area contributed by atoms with Gasteiger partial charge in [-0.15, -0.1) is 0 Å². The first kappa shape index (κ1) is 47.6. The van der Waals surface area contributed by atoms with Gasteiger partial charge in [0.05, 0.1) is 17.0 Å². The fraction of sp³-hybridized carbons (Fsp3) is 0.415. The fourth-order valence-corrected chi connectivity index (χ4v) is 13.4. The van der Waals surface area contributed by atoms with Crippen LogP contribution in [0.3, 0.4) is 0 Å². The predicted octanol–water partition coefficient (Wildman–Crippen LogP) is 17.3. The maximum atomic E-state index is 7.67. The van der Waals surface area contributed by atoms with Crippen LogP contribution in [0, 0.1) is 6.92 Å². The lowest BCUT2D eigenvalue weighted by atomic mass is 9.35. The van der Waals surface area contributed by atoms with Crippen LogP contribution in [0.2, 0.25) is 0 Å². The van der Waals surface area contributed by atoms with Crippen molar-refractivity contribution in [1.29, 1.82) is 0 Å². The Morgan fingerprint density at radius 1 is 0.571 bits per heavy atom. The summed E-state index contributed by atoms with van der Waals surface area (Å²) in [7, 11) is 0. The third kappa shape index (κ3) is 7.38. The molecular formula is C65H74BIN2O. The molecule has 2 aliphatic carbocycles.